The fraction of sp³-hybridized carbons (Fsp3) is 0.381. The van der Waals surface area contributed by atoms with Crippen LogP contribution in [0.25, 0.3) is 10.9 Å². The van der Waals surface area contributed by atoms with Crippen molar-refractivity contribution in [1.82, 2.24) is 20.1 Å². The fourth-order valence-electron chi connectivity index (χ4n) is 3.56. The van der Waals surface area contributed by atoms with E-state index in [2.05, 4.69) is 27.5 Å². The topological polar surface area (TPSA) is 69.0 Å². The summed E-state index contributed by atoms with van der Waals surface area (Å²) in [5.41, 5.74) is 2.68. The lowest BCUT2D eigenvalue weighted by Gasteiger charge is -2.19. The SMILES string of the molecule is CC(C)n1ccc(C(=O)NC2COCC2Cc2ccnc3ccccc23)n1. The molecular weight excluding hydrogens is 340 g/mol. The Morgan fingerprint density at radius 2 is 2.11 bits per heavy atom. The zero-order valence-corrected chi connectivity index (χ0v) is 15.6. The molecule has 4 rings (SSSR count). The quantitative estimate of drug-likeness (QED) is 0.756. The van der Waals surface area contributed by atoms with Gasteiger partial charge in [0.05, 0.1) is 24.8 Å². The summed E-state index contributed by atoms with van der Waals surface area (Å²) in [7, 11) is 0. The maximum absolute atomic E-state index is 12.6. The van der Waals surface area contributed by atoms with E-state index >= 15 is 0 Å². The van der Waals surface area contributed by atoms with Gasteiger partial charge in [0.15, 0.2) is 0 Å². The van der Waals surface area contributed by atoms with Crippen LogP contribution in [0.4, 0.5) is 0 Å². The monoisotopic (exact) mass is 364 g/mol. The van der Waals surface area contributed by atoms with Crippen LogP contribution < -0.4 is 5.32 Å². The molecule has 6 nitrogen and oxygen atoms in total. The molecule has 1 N–H and O–H groups in total. The summed E-state index contributed by atoms with van der Waals surface area (Å²) in [6.45, 7) is 5.25. The molecule has 1 aliphatic rings. The third-order valence-electron chi connectivity index (χ3n) is 5.11. The highest BCUT2D eigenvalue weighted by Crippen LogP contribution is 2.24. The Balaban J connectivity index is 1.48. The molecule has 2 atom stereocenters. The average Bonchev–Trinajstić information content (AvgIpc) is 3.32. The minimum Gasteiger partial charge on any atom is -0.379 e. The first kappa shape index (κ1) is 17.7. The molecule has 3 heterocycles. The Bertz CT molecular complexity index is 945. The van der Waals surface area contributed by atoms with Crippen molar-refractivity contribution in [1.29, 1.82) is 0 Å². The summed E-state index contributed by atoms with van der Waals surface area (Å²) in [6, 6.07) is 12.2. The first-order chi connectivity index (χ1) is 13.1. The molecule has 1 fully saturated rings. The van der Waals surface area contributed by atoms with E-state index in [4.69, 9.17) is 4.74 Å². The van der Waals surface area contributed by atoms with Crippen LogP contribution in [0.15, 0.2) is 48.8 Å². The third kappa shape index (κ3) is 3.71. The van der Waals surface area contributed by atoms with Crippen LogP contribution in [0.2, 0.25) is 0 Å². The molecule has 3 aromatic rings. The van der Waals surface area contributed by atoms with Gasteiger partial charge in [-0.15, -0.1) is 0 Å². The van der Waals surface area contributed by atoms with Crippen LogP contribution in [0.5, 0.6) is 0 Å². The number of hydrogen-bond donors (Lipinski definition) is 1. The molecule has 1 amide bonds. The van der Waals surface area contributed by atoms with Gasteiger partial charge in [0, 0.05) is 29.7 Å². The number of nitrogens with one attached hydrogen (secondary N) is 1. The molecule has 1 aromatic carbocycles. The number of para-hydroxylation sites is 1. The van der Waals surface area contributed by atoms with Crippen LogP contribution >= 0.6 is 0 Å². The van der Waals surface area contributed by atoms with Crippen LogP contribution in [0, 0.1) is 5.92 Å². The van der Waals surface area contributed by atoms with Crippen LogP contribution in [-0.4, -0.2) is 39.9 Å². The van der Waals surface area contributed by atoms with Crippen LogP contribution in [0.1, 0.15) is 35.9 Å². The van der Waals surface area contributed by atoms with E-state index in [1.807, 2.05) is 44.4 Å². The van der Waals surface area contributed by atoms with Gasteiger partial charge in [-0.1, -0.05) is 18.2 Å². The number of carbonyl (C=O) groups excluding carboxylic acids is 1. The van der Waals surface area contributed by atoms with Gasteiger partial charge in [0.2, 0.25) is 0 Å². The highest BCUT2D eigenvalue weighted by atomic mass is 16.5. The van der Waals surface area contributed by atoms with Crippen molar-refractivity contribution < 1.29 is 9.53 Å². The van der Waals surface area contributed by atoms with Gasteiger partial charge in [-0.3, -0.25) is 14.5 Å². The Morgan fingerprint density at radius 1 is 1.26 bits per heavy atom. The molecule has 2 unspecified atom stereocenters. The predicted octanol–water partition coefficient (Wildman–Crippen LogP) is 3.00. The van der Waals surface area contributed by atoms with E-state index < -0.39 is 0 Å². The Morgan fingerprint density at radius 3 is 2.93 bits per heavy atom. The van der Waals surface area contributed by atoms with Gasteiger partial charge < -0.3 is 10.1 Å². The first-order valence-corrected chi connectivity index (χ1v) is 9.38. The predicted molar refractivity (Wildman–Crippen MR) is 104 cm³/mol. The molecule has 0 aliphatic carbocycles. The third-order valence-corrected chi connectivity index (χ3v) is 5.11. The van der Waals surface area contributed by atoms with Crippen molar-refractivity contribution in [2.24, 2.45) is 5.92 Å². The van der Waals surface area contributed by atoms with Gasteiger partial charge in [-0.25, -0.2) is 0 Å². The number of carbonyl (C=O) groups is 1. The largest absolute Gasteiger partial charge is 0.379 e. The van der Waals surface area contributed by atoms with E-state index in [0.29, 0.717) is 18.9 Å². The Labute approximate surface area is 158 Å². The molecule has 0 radical (unpaired) electrons. The zero-order chi connectivity index (χ0) is 18.8. The second-order valence-electron chi connectivity index (χ2n) is 7.34. The second-order valence-corrected chi connectivity index (χ2v) is 7.34. The number of amides is 1. The van der Waals surface area contributed by atoms with Crippen molar-refractivity contribution in [3.63, 3.8) is 0 Å². The molecule has 0 bridgehead atoms. The molecule has 0 saturated carbocycles. The van der Waals surface area contributed by atoms with Gasteiger partial charge in [0.1, 0.15) is 5.69 Å². The first-order valence-electron chi connectivity index (χ1n) is 9.38. The van der Waals surface area contributed by atoms with E-state index in [9.17, 15) is 4.79 Å². The Hall–Kier alpha value is -2.73. The number of aromatic nitrogens is 3. The van der Waals surface area contributed by atoms with Crippen molar-refractivity contribution in [2.45, 2.75) is 32.4 Å². The van der Waals surface area contributed by atoms with E-state index in [-0.39, 0.29) is 23.9 Å². The van der Waals surface area contributed by atoms with Gasteiger partial charge >= 0.3 is 0 Å². The zero-order valence-electron chi connectivity index (χ0n) is 15.6. The van der Waals surface area contributed by atoms with E-state index in [0.717, 1.165) is 17.3 Å². The molecule has 0 spiro atoms. The summed E-state index contributed by atoms with van der Waals surface area (Å²) in [5.74, 6) is 0.0847. The van der Waals surface area contributed by atoms with Crippen molar-refractivity contribution in [2.75, 3.05) is 13.2 Å². The highest BCUT2D eigenvalue weighted by Gasteiger charge is 2.30. The summed E-state index contributed by atoms with van der Waals surface area (Å²) >= 11 is 0. The lowest BCUT2D eigenvalue weighted by Crippen LogP contribution is -2.40. The standard InChI is InChI=1S/C21H24N4O2/c1-14(2)25-10-8-19(24-25)21(26)23-20-13-27-12-16(20)11-15-7-9-22-18-6-4-3-5-17(15)18/h3-10,14,16,20H,11-13H2,1-2H3,(H,23,26). The summed E-state index contributed by atoms with van der Waals surface area (Å²) in [4.78, 5) is 17.0. The lowest BCUT2D eigenvalue weighted by atomic mass is 9.93. The maximum Gasteiger partial charge on any atom is 0.272 e. The van der Waals surface area contributed by atoms with Crippen molar-refractivity contribution >= 4 is 16.8 Å². The number of benzene rings is 1. The normalized spacial score (nSPS) is 19.7. The highest BCUT2D eigenvalue weighted by molar-refractivity contribution is 5.92. The number of pyridine rings is 1. The second kappa shape index (κ2) is 7.48. The summed E-state index contributed by atoms with van der Waals surface area (Å²) in [5, 5.41) is 8.63. The maximum atomic E-state index is 12.6. The van der Waals surface area contributed by atoms with E-state index in [1.54, 1.807) is 10.7 Å². The summed E-state index contributed by atoms with van der Waals surface area (Å²) in [6.07, 6.45) is 4.53. The molecule has 1 saturated heterocycles. The lowest BCUT2D eigenvalue weighted by molar-refractivity contribution is 0.0919. The molecule has 140 valence electrons. The smallest absolute Gasteiger partial charge is 0.272 e. The van der Waals surface area contributed by atoms with Crippen LogP contribution in [0.3, 0.4) is 0 Å². The molecule has 1 aliphatic heterocycles. The minimum atomic E-state index is -0.144. The molecule has 6 heteroatoms. The fourth-order valence-corrected chi connectivity index (χ4v) is 3.56. The average molecular weight is 364 g/mol. The molecule has 27 heavy (non-hydrogen) atoms. The van der Waals surface area contributed by atoms with Crippen molar-refractivity contribution in [3.05, 3.63) is 60.0 Å². The molecular formula is C21H24N4O2. The molecule has 2 aromatic heterocycles. The van der Waals surface area contributed by atoms with Crippen LogP contribution in [-0.2, 0) is 11.2 Å². The minimum absolute atomic E-state index is 0.0198. The number of nitrogens with zero attached hydrogens (tertiary/aromatic N) is 3. The summed E-state index contributed by atoms with van der Waals surface area (Å²) < 4.78 is 7.47. The number of fused-ring (bicyclic) bond motifs is 1. The Kier molecular flexibility index (Phi) is 4.90. The van der Waals surface area contributed by atoms with Gasteiger partial charge in [0.25, 0.3) is 5.91 Å². The number of ether oxygens (including phenoxy) is 1. The van der Waals surface area contributed by atoms with Crippen molar-refractivity contribution in [3.8, 4) is 0 Å². The van der Waals surface area contributed by atoms with Gasteiger partial charge in [-0.05, 0) is 44.0 Å². The number of hydrogen-bond acceptors (Lipinski definition) is 4. The van der Waals surface area contributed by atoms with Gasteiger partial charge in [-0.2, -0.15) is 5.10 Å². The van der Waals surface area contributed by atoms with E-state index in [1.165, 1.54) is 5.56 Å². The number of rotatable bonds is 5.